The Morgan fingerprint density at radius 3 is 2.73 bits per heavy atom. The van der Waals surface area contributed by atoms with Gasteiger partial charge in [0.05, 0.1) is 12.2 Å². The van der Waals surface area contributed by atoms with Crippen molar-refractivity contribution < 1.29 is 9.18 Å². The van der Waals surface area contributed by atoms with Crippen LogP contribution in [0.4, 0.5) is 4.39 Å². The number of aromatic nitrogens is 1. The number of hydrogen-bond acceptors (Lipinski definition) is 4. The second-order valence-electron chi connectivity index (χ2n) is 5.19. The number of nitrogens with zero attached hydrogens (tertiary/aromatic N) is 3. The van der Waals surface area contributed by atoms with Crippen molar-refractivity contribution >= 4 is 12.1 Å². The lowest BCUT2D eigenvalue weighted by Gasteiger charge is -2.28. The van der Waals surface area contributed by atoms with E-state index < -0.39 is 0 Å². The molecule has 1 aromatic heterocycles. The van der Waals surface area contributed by atoms with Crippen LogP contribution in [0, 0.1) is 11.7 Å². The Morgan fingerprint density at radius 1 is 1.32 bits per heavy atom. The van der Waals surface area contributed by atoms with Gasteiger partial charge in [0.15, 0.2) is 0 Å². The van der Waals surface area contributed by atoms with E-state index in [1.54, 1.807) is 12.4 Å². The fourth-order valence-corrected chi connectivity index (χ4v) is 2.77. The van der Waals surface area contributed by atoms with Crippen molar-refractivity contribution in [2.75, 3.05) is 13.1 Å². The summed E-state index contributed by atoms with van der Waals surface area (Å²) < 4.78 is 13.3. The molecule has 0 radical (unpaired) electrons. The van der Waals surface area contributed by atoms with Gasteiger partial charge in [-0.2, -0.15) is 5.10 Å². The average Bonchev–Trinajstić information content (AvgIpc) is 3.06. The van der Waals surface area contributed by atoms with Gasteiger partial charge in [-0.1, -0.05) is 13.8 Å². The quantitative estimate of drug-likeness (QED) is 0.913. The molecule has 3 heterocycles. The molecular weight excluding hydrogens is 283 g/mol. The van der Waals surface area contributed by atoms with E-state index in [-0.39, 0.29) is 23.7 Å². The topological polar surface area (TPSA) is 57.6 Å². The van der Waals surface area contributed by atoms with Gasteiger partial charge in [-0.15, -0.1) is 0 Å². The van der Waals surface area contributed by atoms with Gasteiger partial charge >= 0.3 is 0 Å². The average molecular weight is 306 g/mol. The number of carbonyl (C=O) groups excluding carboxylic acids is 1. The molecule has 1 aromatic rings. The van der Waals surface area contributed by atoms with E-state index in [9.17, 15) is 9.18 Å². The number of nitrogens with one attached hydrogen (secondary N) is 1. The van der Waals surface area contributed by atoms with Crippen molar-refractivity contribution in [1.29, 1.82) is 0 Å². The monoisotopic (exact) mass is 306 g/mol. The first kappa shape index (κ1) is 16.5. The highest BCUT2D eigenvalue weighted by Crippen LogP contribution is 2.30. The zero-order chi connectivity index (χ0) is 15.9. The molecule has 1 unspecified atom stereocenters. The summed E-state index contributed by atoms with van der Waals surface area (Å²) in [6, 6.07) is 1.20. The first-order valence-electron chi connectivity index (χ1n) is 7.92. The third-order valence-corrected chi connectivity index (χ3v) is 3.85. The Morgan fingerprint density at radius 2 is 2.05 bits per heavy atom. The predicted octanol–water partition coefficient (Wildman–Crippen LogP) is 2.51. The standard InChI is InChI=1S/C14H17FN4O.C2H6/c15-12-7-11(8-17-9-12)13-3-6-18-19(13)14(20)10-1-4-16-5-2-10;1-2/h6-10,13,16H,1-5H2;1-2H3. The fourth-order valence-electron chi connectivity index (χ4n) is 2.77. The van der Waals surface area contributed by atoms with E-state index in [1.807, 2.05) is 13.8 Å². The highest BCUT2D eigenvalue weighted by Gasteiger charge is 2.33. The van der Waals surface area contributed by atoms with Crippen molar-refractivity contribution in [3.63, 3.8) is 0 Å². The maximum Gasteiger partial charge on any atom is 0.246 e. The van der Waals surface area contributed by atoms with Gasteiger partial charge in [0.1, 0.15) is 5.82 Å². The minimum atomic E-state index is -0.385. The third kappa shape index (κ3) is 3.68. The minimum Gasteiger partial charge on any atom is -0.317 e. The molecule has 1 amide bonds. The highest BCUT2D eigenvalue weighted by molar-refractivity contribution is 5.82. The largest absolute Gasteiger partial charge is 0.317 e. The van der Waals surface area contributed by atoms with Crippen LogP contribution in [0.5, 0.6) is 0 Å². The van der Waals surface area contributed by atoms with Crippen LogP contribution < -0.4 is 5.32 Å². The number of amides is 1. The van der Waals surface area contributed by atoms with Crippen molar-refractivity contribution in [2.24, 2.45) is 11.0 Å². The number of piperidine rings is 1. The summed E-state index contributed by atoms with van der Waals surface area (Å²) in [7, 11) is 0. The molecule has 0 aromatic carbocycles. The molecular formula is C16H23FN4O. The molecule has 0 aliphatic carbocycles. The third-order valence-electron chi connectivity index (χ3n) is 3.85. The van der Waals surface area contributed by atoms with Crippen molar-refractivity contribution in [2.45, 2.75) is 39.2 Å². The molecule has 1 N–H and O–H groups in total. The lowest BCUT2D eigenvalue weighted by atomic mass is 9.96. The van der Waals surface area contributed by atoms with Crippen LogP contribution in [0.15, 0.2) is 23.6 Å². The normalized spacial score (nSPS) is 21.4. The van der Waals surface area contributed by atoms with Gasteiger partial charge in [0.25, 0.3) is 0 Å². The fraction of sp³-hybridized carbons (Fsp3) is 0.562. The van der Waals surface area contributed by atoms with Crippen LogP contribution in [0.2, 0.25) is 0 Å². The molecule has 0 bridgehead atoms. The van der Waals surface area contributed by atoms with E-state index in [0.29, 0.717) is 12.0 Å². The molecule has 0 saturated carbocycles. The number of carbonyl (C=O) groups is 1. The highest BCUT2D eigenvalue weighted by atomic mass is 19.1. The van der Waals surface area contributed by atoms with E-state index >= 15 is 0 Å². The van der Waals surface area contributed by atoms with Crippen LogP contribution in [0.3, 0.4) is 0 Å². The summed E-state index contributed by atoms with van der Waals surface area (Å²) in [4.78, 5) is 16.4. The van der Waals surface area contributed by atoms with E-state index in [0.717, 1.165) is 32.1 Å². The molecule has 120 valence electrons. The SMILES string of the molecule is CC.O=C(C1CCNCC1)N1N=CCC1c1cncc(F)c1. The van der Waals surface area contributed by atoms with E-state index in [1.165, 1.54) is 11.1 Å². The Labute approximate surface area is 130 Å². The molecule has 3 rings (SSSR count). The number of rotatable bonds is 2. The van der Waals surface area contributed by atoms with Crippen LogP contribution in [0.25, 0.3) is 0 Å². The lowest BCUT2D eigenvalue weighted by molar-refractivity contribution is -0.138. The Bertz CT molecular complexity index is 529. The summed E-state index contributed by atoms with van der Waals surface area (Å²) >= 11 is 0. The lowest BCUT2D eigenvalue weighted by Crippen LogP contribution is -2.39. The molecule has 1 saturated heterocycles. The Kier molecular flexibility index (Phi) is 6.00. The first-order chi connectivity index (χ1) is 10.8. The second kappa shape index (κ2) is 7.98. The molecule has 0 spiro atoms. The molecule has 2 aliphatic rings. The van der Waals surface area contributed by atoms with Gasteiger partial charge in [-0.05, 0) is 37.6 Å². The zero-order valence-electron chi connectivity index (χ0n) is 13.1. The summed E-state index contributed by atoms with van der Waals surface area (Å²) in [5.74, 6) is -0.339. The number of hydrogen-bond donors (Lipinski definition) is 1. The molecule has 1 fully saturated rings. The maximum atomic E-state index is 13.3. The van der Waals surface area contributed by atoms with Crippen molar-refractivity contribution in [3.05, 3.63) is 29.8 Å². The van der Waals surface area contributed by atoms with Crippen LogP contribution in [0.1, 0.15) is 44.7 Å². The summed E-state index contributed by atoms with van der Waals surface area (Å²) in [5, 5.41) is 8.93. The second-order valence-corrected chi connectivity index (χ2v) is 5.19. The van der Waals surface area contributed by atoms with Crippen molar-refractivity contribution in [1.82, 2.24) is 15.3 Å². The number of pyridine rings is 1. The summed E-state index contributed by atoms with van der Waals surface area (Å²) in [6.07, 6.45) is 6.76. The molecule has 2 aliphatic heterocycles. The van der Waals surface area contributed by atoms with Crippen LogP contribution in [-0.2, 0) is 4.79 Å². The van der Waals surface area contributed by atoms with E-state index in [2.05, 4.69) is 15.4 Å². The summed E-state index contributed by atoms with van der Waals surface area (Å²) in [6.45, 7) is 5.72. The molecule has 6 heteroatoms. The first-order valence-corrected chi connectivity index (χ1v) is 7.92. The van der Waals surface area contributed by atoms with Crippen LogP contribution >= 0.6 is 0 Å². The minimum absolute atomic E-state index is 0.00974. The van der Waals surface area contributed by atoms with Gasteiger partial charge < -0.3 is 5.32 Å². The number of hydrazone groups is 1. The van der Waals surface area contributed by atoms with E-state index in [4.69, 9.17) is 0 Å². The van der Waals surface area contributed by atoms with Gasteiger partial charge in [-0.3, -0.25) is 9.78 Å². The Hall–Kier alpha value is -1.82. The van der Waals surface area contributed by atoms with Crippen molar-refractivity contribution in [3.8, 4) is 0 Å². The molecule has 1 atom stereocenters. The maximum absolute atomic E-state index is 13.3. The zero-order valence-corrected chi connectivity index (χ0v) is 13.1. The summed E-state index contributed by atoms with van der Waals surface area (Å²) in [5.41, 5.74) is 0.699. The van der Waals surface area contributed by atoms with Gasteiger partial charge in [0, 0.05) is 24.8 Å². The molecule has 5 nitrogen and oxygen atoms in total. The van der Waals surface area contributed by atoms with Gasteiger partial charge in [-0.25, -0.2) is 9.40 Å². The van der Waals surface area contributed by atoms with Crippen LogP contribution in [-0.4, -0.2) is 35.2 Å². The predicted molar refractivity (Wildman–Crippen MR) is 83.8 cm³/mol. The molecule has 22 heavy (non-hydrogen) atoms. The Balaban J connectivity index is 0.000000847. The smallest absolute Gasteiger partial charge is 0.246 e. The van der Waals surface area contributed by atoms with Gasteiger partial charge in [0.2, 0.25) is 5.91 Å². The number of halogens is 1.